The fraction of sp³-hybridized carbons (Fsp3) is 0.188. The van der Waals surface area contributed by atoms with E-state index in [9.17, 15) is 4.79 Å². The third-order valence-corrected chi connectivity index (χ3v) is 3.94. The molecule has 114 valence electrons. The molecule has 1 heterocycles. The second-order valence-corrected chi connectivity index (χ2v) is 5.74. The molecule has 1 aliphatic rings. The predicted molar refractivity (Wildman–Crippen MR) is 86.2 cm³/mol. The normalized spacial score (nSPS) is 15.9. The summed E-state index contributed by atoms with van der Waals surface area (Å²) in [4.78, 5) is 12.3. The summed E-state index contributed by atoms with van der Waals surface area (Å²) in [6, 6.07) is 10.4. The monoisotopic (exact) mass is 337 g/mol. The maximum atomic E-state index is 12.3. The zero-order valence-electron chi connectivity index (χ0n) is 11.7. The lowest BCUT2D eigenvalue weighted by Crippen LogP contribution is -2.31. The van der Waals surface area contributed by atoms with Crippen LogP contribution in [0.5, 0.6) is 11.5 Å². The molecule has 1 aliphatic heterocycles. The van der Waals surface area contributed by atoms with Gasteiger partial charge in [-0.05, 0) is 42.0 Å². The van der Waals surface area contributed by atoms with E-state index in [0.29, 0.717) is 33.7 Å². The Morgan fingerprint density at radius 2 is 2.09 bits per heavy atom. The van der Waals surface area contributed by atoms with E-state index in [0.717, 1.165) is 5.56 Å². The lowest BCUT2D eigenvalue weighted by Gasteiger charge is -2.12. The van der Waals surface area contributed by atoms with Crippen LogP contribution in [0, 0.1) is 0 Å². The Morgan fingerprint density at radius 1 is 1.27 bits per heavy atom. The molecule has 0 aromatic heterocycles. The third-order valence-electron chi connectivity index (χ3n) is 3.41. The molecule has 0 fully saturated rings. The van der Waals surface area contributed by atoms with Crippen LogP contribution in [0.1, 0.15) is 5.56 Å². The molecule has 1 atom stereocenters. The highest BCUT2D eigenvalue weighted by atomic mass is 35.5. The third kappa shape index (κ3) is 2.98. The molecule has 0 radical (unpaired) electrons. The summed E-state index contributed by atoms with van der Waals surface area (Å²) in [5, 5.41) is 3.85. The molecule has 3 rings (SSSR count). The molecule has 1 unspecified atom stereocenters. The van der Waals surface area contributed by atoms with Crippen molar-refractivity contribution in [2.75, 3.05) is 12.4 Å². The van der Waals surface area contributed by atoms with E-state index < -0.39 is 6.10 Å². The molecule has 6 heteroatoms. The minimum Gasteiger partial charge on any atom is -0.495 e. The number of benzene rings is 2. The van der Waals surface area contributed by atoms with Crippen LogP contribution < -0.4 is 14.8 Å². The van der Waals surface area contributed by atoms with Gasteiger partial charge in [0.1, 0.15) is 11.5 Å². The second-order valence-electron chi connectivity index (χ2n) is 4.90. The van der Waals surface area contributed by atoms with Crippen molar-refractivity contribution in [1.29, 1.82) is 0 Å². The molecule has 1 amide bonds. The standard InChI is InChI=1S/C16H13Cl2NO3/c1-21-14-5-3-11(8-12(14)18)19-16(20)15-7-9-6-10(17)2-4-13(9)22-15/h2-6,8,15H,7H2,1H3,(H,19,20). The zero-order chi connectivity index (χ0) is 15.7. The summed E-state index contributed by atoms with van der Waals surface area (Å²) < 4.78 is 10.7. The van der Waals surface area contributed by atoms with Gasteiger partial charge >= 0.3 is 0 Å². The first-order valence-electron chi connectivity index (χ1n) is 6.66. The Morgan fingerprint density at radius 3 is 2.82 bits per heavy atom. The number of carbonyl (C=O) groups is 1. The van der Waals surface area contributed by atoms with Gasteiger partial charge in [0, 0.05) is 17.1 Å². The molecule has 0 saturated carbocycles. The summed E-state index contributed by atoms with van der Waals surface area (Å²) in [6.07, 6.45) is -0.0830. The number of hydrogen-bond donors (Lipinski definition) is 1. The number of methoxy groups -OCH3 is 1. The van der Waals surface area contributed by atoms with Crippen molar-refractivity contribution in [3.8, 4) is 11.5 Å². The number of carbonyl (C=O) groups excluding carboxylic acids is 1. The van der Waals surface area contributed by atoms with Crippen molar-refractivity contribution in [2.24, 2.45) is 0 Å². The van der Waals surface area contributed by atoms with E-state index in [1.54, 1.807) is 30.3 Å². The van der Waals surface area contributed by atoms with Crippen LogP contribution in [0.2, 0.25) is 10.0 Å². The largest absolute Gasteiger partial charge is 0.495 e. The SMILES string of the molecule is COc1ccc(NC(=O)C2Cc3cc(Cl)ccc3O2)cc1Cl. The van der Waals surface area contributed by atoms with Crippen molar-refractivity contribution in [2.45, 2.75) is 12.5 Å². The van der Waals surface area contributed by atoms with Crippen LogP contribution in [0.15, 0.2) is 36.4 Å². The quantitative estimate of drug-likeness (QED) is 0.922. The summed E-state index contributed by atoms with van der Waals surface area (Å²) in [5.74, 6) is 1.02. The van der Waals surface area contributed by atoms with Gasteiger partial charge in [0.15, 0.2) is 6.10 Å². The topological polar surface area (TPSA) is 47.6 Å². The maximum Gasteiger partial charge on any atom is 0.265 e. The zero-order valence-corrected chi connectivity index (χ0v) is 13.2. The van der Waals surface area contributed by atoms with Gasteiger partial charge in [0.25, 0.3) is 5.91 Å². The van der Waals surface area contributed by atoms with Crippen LogP contribution in [-0.2, 0) is 11.2 Å². The highest BCUT2D eigenvalue weighted by Gasteiger charge is 2.29. The molecule has 0 spiro atoms. The summed E-state index contributed by atoms with van der Waals surface area (Å²) in [6.45, 7) is 0. The van der Waals surface area contributed by atoms with Crippen LogP contribution in [0.4, 0.5) is 5.69 Å². The Kier molecular flexibility index (Phi) is 4.14. The lowest BCUT2D eigenvalue weighted by molar-refractivity contribution is -0.122. The van der Waals surface area contributed by atoms with E-state index in [1.807, 2.05) is 6.07 Å². The second kappa shape index (κ2) is 6.07. The van der Waals surface area contributed by atoms with Crippen molar-refractivity contribution in [3.05, 3.63) is 52.0 Å². The van der Waals surface area contributed by atoms with Crippen LogP contribution in [-0.4, -0.2) is 19.1 Å². The molecular formula is C16H13Cl2NO3. The maximum absolute atomic E-state index is 12.3. The minimum atomic E-state index is -0.575. The van der Waals surface area contributed by atoms with Gasteiger partial charge in [-0.2, -0.15) is 0 Å². The highest BCUT2D eigenvalue weighted by Crippen LogP contribution is 2.32. The van der Waals surface area contributed by atoms with Gasteiger partial charge in [0.2, 0.25) is 0 Å². The molecule has 1 N–H and O–H groups in total. The van der Waals surface area contributed by atoms with Gasteiger partial charge in [-0.3, -0.25) is 4.79 Å². The first kappa shape index (κ1) is 15.0. The van der Waals surface area contributed by atoms with E-state index in [-0.39, 0.29) is 5.91 Å². The van der Waals surface area contributed by atoms with Crippen molar-refractivity contribution in [1.82, 2.24) is 0 Å². The predicted octanol–water partition coefficient (Wildman–Crippen LogP) is 3.94. The van der Waals surface area contributed by atoms with Gasteiger partial charge in [-0.1, -0.05) is 23.2 Å². The summed E-state index contributed by atoms with van der Waals surface area (Å²) >= 11 is 12.0. The van der Waals surface area contributed by atoms with E-state index in [2.05, 4.69) is 5.32 Å². The first-order valence-corrected chi connectivity index (χ1v) is 7.42. The van der Waals surface area contributed by atoms with Crippen molar-refractivity contribution >= 4 is 34.8 Å². The van der Waals surface area contributed by atoms with Gasteiger partial charge < -0.3 is 14.8 Å². The average molecular weight is 338 g/mol. The molecule has 0 aliphatic carbocycles. The highest BCUT2D eigenvalue weighted by molar-refractivity contribution is 6.32. The van der Waals surface area contributed by atoms with Crippen LogP contribution >= 0.6 is 23.2 Å². The number of nitrogens with one attached hydrogen (secondary N) is 1. The number of hydrogen-bond acceptors (Lipinski definition) is 3. The molecule has 2 aromatic rings. The number of ether oxygens (including phenoxy) is 2. The van der Waals surface area contributed by atoms with Gasteiger partial charge in [-0.15, -0.1) is 0 Å². The van der Waals surface area contributed by atoms with Gasteiger partial charge in [-0.25, -0.2) is 0 Å². The molecule has 22 heavy (non-hydrogen) atoms. The number of amides is 1. The van der Waals surface area contributed by atoms with E-state index >= 15 is 0 Å². The average Bonchev–Trinajstić information content (AvgIpc) is 2.90. The molecule has 0 saturated heterocycles. The fourth-order valence-electron chi connectivity index (χ4n) is 2.33. The van der Waals surface area contributed by atoms with E-state index in [4.69, 9.17) is 32.7 Å². The molecule has 2 aromatic carbocycles. The number of halogens is 2. The van der Waals surface area contributed by atoms with Gasteiger partial charge in [0.05, 0.1) is 12.1 Å². The lowest BCUT2D eigenvalue weighted by atomic mass is 10.1. The number of fused-ring (bicyclic) bond motifs is 1. The molecule has 0 bridgehead atoms. The van der Waals surface area contributed by atoms with E-state index in [1.165, 1.54) is 7.11 Å². The number of rotatable bonds is 3. The minimum absolute atomic E-state index is 0.228. The Balaban J connectivity index is 1.70. The fourth-order valence-corrected chi connectivity index (χ4v) is 2.78. The van der Waals surface area contributed by atoms with Crippen LogP contribution in [0.3, 0.4) is 0 Å². The smallest absolute Gasteiger partial charge is 0.265 e. The number of anilines is 1. The Labute approximate surface area is 137 Å². The first-order chi connectivity index (χ1) is 10.6. The summed E-state index contributed by atoms with van der Waals surface area (Å²) in [5.41, 5.74) is 1.52. The van der Waals surface area contributed by atoms with Crippen molar-refractivity contribution in [3.63, 3.8) is 0 Å². The summed E-state index contributed by atoms with van der Waals surface area (Å²) in [7, 11) is 1.54. The molecular weight excluding hydrogens is 325 g/mol. The van der Waals surface area contributed by atoms with Crippen LogP contribution in [0.25, 0.3) is 0 Å². The molecule has 4 nitrogen and oxygen atoms in total. The Bertz CT molecular complexity index is 733. The Hall–Kier alpha value is -1.91. The van der Waals surface area contributed by atoms with Crippen molar-refractivity contribution < 1.29 is 14.3 Å².